The fourth-order valence-corrected chi connectivity index (χ4v) is 11.6. The van der Waals surface area contributed by atoms with Crippen LogP contribution in [0.25, 0.3) is 0 Å². The fraction of sp³-hybridized carbons (Fsp3) is 0.0606. The van der Waals surface area contributed by atoms with E-state index in [2.05, 4.69) is 143 Å². The van der Waals surface area contributed by atoms with Crippen LogP contribution in [0.5, 0.6) is 5.75 Å². The van der Waals surface area contributed by atoms with E-state index in [4.69, 9.17) is 9.63 Å². The topological polar surface area (TPSA) is 36.9 Å². The molecule has 0 bridgehead atoms. The molecule has 5 aromatic rings. The number of fused-ring (bicyclic) bond motifs is 1. The zero-order valence-corrected chi connectivity index (χ0v) is 21.8. The van der Waals surface area contributed by atoms with Crippen molar-refractivity contribution in [2.75, 3.05) is 9.87 Å². The fourth-order valence-electron chi connectivity index (χ4n) is 5.93. The van der Waals surface area contributed by atoms with Gasteiger partial charge in [0.15, 0.2) is 0 Å². The Balaban J connectivity index is 1.57. The Morgan fingerprint density at radius 3 is 1.92 bits per heavy atom. The molecule has 5 heteroatoms. The van der Waals surface area contributed by atoms with Gasteiger partial charge in [0.2, 0.25) is 0 Å². The molecule has 38 heavy (non-hydrogen) atoms. The average molecular weight is 514 g/mol. The quantitative estimate of drug-likeness (QED) is 0.242. The summed E-state index contributed by atoms with van der Waals surface area (Å²) in [6.45, 7) is 0. The summed E-state index contributed by atoms with van der Waals surface area (Å²) >= 11 is 0. The van der Waals surface area contributed by atoms with Gasteiger partial charge in [-0.3, -0.25) is 0 Å². The Bertz CT molecular complexity index is 1580. The molecule has 7 rings (SSSR count). The van der Waals surface area contributed by atoms with E-state index in [1.165, 1.54) is 11.1 Å². The minimum atomic E-state index is -3.81. The molecule has 1 spiro atoms. The van der Waals surface area contributed by atoms with Crippen LogP contribution >= 0.6 is 7.13 Å². The molecule has 2 aliphatic heterocycles. The summed E-state index contributed by atoms with van der Waals surface area (Å²) in [4.78, 5) is 0. The maximum absolute atomic E-state index is 7.46. The Morgan fingerprint density at radius 1 is 0.658 bits per heavy atom. The standard InChI is InChI=1S/C33H28N3OP/c1-5-15-26(16-6-1)25-31-33(27-17-7-2-8-18-27)38(29-21-11-4-12-22-29,35-30-23-13-14-24-32(30)37-38)36(34-31)28-19-9-3-10-20-28/h1-24,33,35H,25H2/t33-/m0/s1. The minimum absolute atomic E-state index is 0.141. The summed E-state index contributed by atoms with van der Waals surface area (Å²) in [7, 11) is -3.81. The monoisotopic (exact) mass is 513 g/mol. The third-order valence-electron chi connectivity index (χ3n) is 7.49. The Kier molecular flexibility index (Phi) is 5.31. The van der Waals surface area contributed by atoms with Crippen molar-refractivity contribution >= 4 is 29.5 Å². The van der Waals surface area contributed by atoms with Gasteiger partial charge >= 0.3 is 224 Å². The SMILES string of the molecule is c1ccc(CC2=NN(c3ccccc3)P3(c4ccccc4)(Nc4ccccc4O3)[C@H]2c2ccccc2)cc1. The summed E-state index contributed by atoms with van der Waals surface area (Å²) in [6.07, 6.45) is 0.718. The molecule has 1 atom stereocenters. The van der Waals surface area contributed by atoms with Gasteiger partial charge in [-0.15, -0.1) is 0 Å². The van der Waals surface area contributed by atoms with E-state index in [1.807, 2.05) is 12.1 Å². The molecular weight excluding hydrogens is 485 g/mol. The predicted molar refractivity (Wildman–Crippen MR) is 159 cm³/mol. The zero-order valence-electron chi connectivity index (χ0n) is 20.9. The second-order valence-corrected chi connectivity index (χ2v) is 13.7. The van der Waals surface area contributed by atoms with Crippen LogP contribution in [0, 0.1) is 0 Å². The van der Waals surface area contributed by atoms with Crippen molar-refractivity contribution in [1.82, 2.24) is 0 Å². The first-order valence-corrected chi connectivity index (χ1v) is 15.1. The van der Waals surface area contributed by atoms with E-state index >= 15 is 0 Å². The summed E-state index contributed by atoms with van der Waals surface area (Å²) in [5.41, 5.74) is 5.34. The van der Waals surface area contributed by atoms with Crippen LogP contribution in [0.15, 0.2) is 151 Å². The Morgan fingerprint density at radius 2 is 1.24 bits per heavy atom. The van der Waals surface area contributed by atoms with Crippen LogP contribution in [0.4, 0.5) is 11.4 Å². The molecule has 0 radical (unpaired) electrons. The molecule has 186 valence electrons. The second-order valence-electron chi connectivity index (χ2n) is 9.78. The van der Waals surface area contributed by atoms with Crippen molar-refractivity contribution in [2.45, 2.75) is 12.1 Å². The molecule has 0 amide bonds. The van der Waals surface area contributed by atoms with Gasteiger partial charge in [0.1, 0.15) is 0 Å². The van der Waals surface area contributed by atoms with Crippen molar-refractivity contribution in [2.24, 2.45) is 5.10 Å². The van der Waals surface area contributed by atoms with Crippen LogP contribution in [-0.2, 0) is 6.42 Å². The van der Waals surface area contributed by atoms with Gasteiger partial charge in [-0.25, -0.2) is 0 Å². The molecule has 0 aromatic heterocycles. The first-order valence-electron chi connectivity index (χ1n) is 12.9. The predicted octanol–water partition coefficient (Wildman–Crippen LogP) is 7.97. The van der Waals surface area contributed by atoms with E-state index in [9.17, 15) is 0 Å². The number of hydrazone groups is 1. The van der Waals surface area contributed by atoms with Crippen LogP contribution in [0.2, 0.25) is 0 Å². The molecule has 0 saturated heterocycles. The summed E-state index contributed by atoms with van der Waals surface area (Å²) in [5, 5.41) is 10.7. The summed E-state index contributed by atoms with van der Waals surface area (Å²) in [5.74, 6) is 0.854. The van der Waals surface area contributed by atoms with Crippen molar-refractivity contribution in [3.8, 4) is 5.75 Å². The number of benzene rings is 5. The molecule has 2 aliphatic rings. The van der Waals surface area contributed by atoms with Crippen LogP contribution in [0.3, 0.4) is 0 Å². The number of hydrogen-bond donors (Lipinski definition) is 1. The second kappa shape index (κ2) is 8.86. The van der Waals surface area contributed by atoms with Crippen molar-refractivity contribution in [3.05, 3.63) is 157 Å². The third kappa shape index (κ3) is 3.31. The average Bonchev–Trinajstić information content (AvgIpc) is 3.48. The van der Waals surface area contributed by atoms with Gasteiger partial charge in [-0.1, -0.05) is 0 Å². The summed E-state index contributed by atoms with van der Waals surface area (Å²) in [6, 6.07) is 50.7. The van der Waals surface area contributed by atoms with Crippen LogP contribution < -0.4 is 19.7 Å². The molecule has 5 aromatic carbocycles. The number of nitrogens with zero attached hydrogens (tertiary/aromatic N) is 2. The Labute approximate surface area is 223 Å². The van der Waals surface area contributed by atoms with Crippen molar-refractivity contribution in [1.29, 1.82) is 0 Å². The van der Waals surface area contributed by atoms with Gasteiger partial charge in [0.05, 0.1) is 0 Å². The molecule has 1 N–H and O–H groups in total. The molecule has 0 fully saturated rings. The number of nitrogens with one attached hydrogen (secondary N) is 1. The first-order chi connectivity index (χ1) is 18.8. The van der Waals surface area contributed by atoms with Gasteiger partial charge < -0.3 is 0 Å². The normalized spacial score (nSPS) is 19.5. The van der Waals surface area contributed by atoms with E-state index < -0.39 is 7.13 Å². The number of anilines is 2. The number of para-hydroxylation sites is 3. The van der Waals surface area contributed by atoms with Gasteiger partial charge in [-0.05, 0) is 0 Å². The van der Waals surface area contributed by atoms with Gasteiger partial charge in [0.25, 0.3) is 0 Å². The molecule has 0 saturated carbocycles. The maximum atomic E-state index is 7.46. The van der Waals surface area contributed by atoms with Gasteiger partial charge in [0, 0.05) is 0 Å². The first kappa shape index (κ1) is 22.8. The number of hydrogen-bond acceptors (Lipinski definition) is 4. The molecule has 2 heterocycles. The van der Waals surface area contributed by atoms with E-state index in [0.717, 1.165) is 34.6 Å². The molecule has 0 aliphatic carbocycles. The zero-order chi connectivity index (χ0) is 25.4. The molecule has 4 nitrogen and oxygen atoms in total. The number of rotatable bonds is 5. The summed E-state index contributed by atoms with van der Waals surface area (Å²) < 4.78 is 9.67. The van der Waals surface area contributed by atoms with Crippen LogP contribution in [-0.4, -0.2) is 5.71 Å². The van der Waals surface area contributed by atoms with E-state index in [0.29, 0.717) is 0 Å². The Hall–Kier alpha value is -4.40. The van der Waals surface area contributed by atoms with Crippen LogP contribution in [0.1, 0.15) is 16.8 Å². The molecular formula is C33H28N3OP. The van der Waals surface area contributed by atoms with Crippen molar-refractivity contribution < 1.29 is 4.52 Å². The molecule has 0 unspecified atom stereocenters. The van der Waals surface area contributed by atoms with E-state index in [-0.39, 0.29) is 5.66 Å². The van der Waals surface area contributed by atoms with Crippen molar-refractivity contribution in [3.63, 3.8) is 0 Å². The van der Waals surface area contributed by atoms with Gasteiger partial charge in [-0.2, -0.15) is 0 Å². The van der Waals surface area contributed by atoms with E-state index in [1.54, 1.807) is 0 Å². The third-order valence-corrected chi connectivity index (χ3v) is 12.6.